The highest BCUT2D eigenvalue weighted by molar-refractivity contribution is 7.89. The summed E-state index contributed by atoms with van der Waals surface area (Å²) in [5, 5.41) is 9.39. The lowest BCUT2D eigenvalue weighted by Crippen LogP contribution is -2.75. The van der Waals surface area contributed by atoms with Crippen LogP contribution in [-0.4, -0.2) is 40.0 Å². The molecule has 0 aliphatic heterocycles. The number of sulfonamides is 1. The smallest absolute Gasteiger partial charge is 0.396 e. The van der Waals surface area contributed by atoms with Gasteiger partial charge in [0.1, 0.15) is 0 Å². The molecule has 8 nitrogen and oxygen atoms in total. The Hall–Kier alpha value is -2.70. The Labute approximate surface area is 181 Å². The number of nitrogens with two attached hydrogens (primary N) is 1. The van der Waals surface area contributed by atoms with E-state index in [0.717, 1.165) is 6.20 Å². The number of nitrogen functional groups attached to an aromatic ring is 1. The molecule has 2 bridgehead atoms. The Morgan fingerprint density at radius 1 is 1.28 bits per heavy atom. The minimum atomic E-state index is -4.71. The lowest BCUT2D eigenvalue weighted by atomic mass is 9.40. The Morgan fingerprint density at radius 3 is 2.59 bits per heavy atom. The Morgan fingerprint density at radius 2 is 1.97 bits per heavy atom. The van der Waals surface area contributed by atoms with E-state index in [2.05, 4.69) is 14.7 Å². The van der Waals surface area contributed by atoms with Gasteiger partial charge in [-0.15, -0.1) is 0 Å². The normalized spacial score (nSPS) is 24.9. The van der Waals surface area contributed by atoms with E-state index in [1.807, 2.05) is 0 Å². The molecular weight excluding hydrogens is 447 g/mol. The average Bonchev–Trinajstić information content (AvgIpc) is 3.07. The second-order valence-electron chi connectivity index (χ2n) is 8.90. The average molecular weight is 467 g/mol. The standard InChI is InChI=1S/C20H20F3N5O3S/c1-11-2-3-12(32(30,31)27-19-7-18(8-19,9-19)10-29)4-13(11)14-5-25-17-16(24)26-15(6-28(14)17)20(21,22)23/h2-6,27,29H,7-10H2,1H3,(H2,24,26). The molecule has 0 saturated heterocycles. The molecule has 3 saturated carbocycles. The molecule has 170 valence electrons. The van der Waals surface area contributed by atoms with Gasteiger partial charge >= 0.3 is 6.18 Å². The van der Waals surface area contributed by atoms with Crippen molar-refractivity contribution in [3.63, 3.8) is 0 Å². The molecule has 2 heterocycles. The summed E-state index contributed by atoms with van der Waals surface area (Å²) in [5.74, 6) is -0.379. The van der Waals surface area contributed by atoms with Gasteiger partial charge in [-0.3, -0.25) is 4.40 Å². The Kier molecular flexibility index (Phi) is 4.25. The molecule has 0 unspecified atom stereocenters. The van der Waals surface area contributed by atoms with Crippen molar-refractivity contribution in [2.45, 2.75) is 42.8 Å². The quantitative estimate of drug-likeness (QED) is 0.530. The van der Waals surface area contributed by atoms with Crippen LogP contribution in [0.1, 0.15) is 30.5 Å². The SMILES string of the molecule is Cc1ccc(S(=O)(=O)NC23CC(CO)(C2)C3)cc1-c1cnc2c(N)nc(C(F)(F)F)cn12. The van der Waals surface area contributed by atoms with E-state index in [-0.39, 0.29) is 34.1 Å². The van der Waals surface area contributed by atoms with Crippen molar-refractivity contribution in [1.29, 1.82) is 0 Å². The number of alkyl halides is 3. The summed E-state index contributed by atoms with van der Waals surface area (Å²) in [6.45, 7) is 1.76. The number of rotatable bonds is 5. The van der Waals surface area contributed by atoms with Gasteiger partial charge in [-0.1, -0.05) is 6.07 Å². The molecule has 3 aliphatic carbocycles. The number of anilines is 1. The summed E-state index contributed by atoms with van der Waals surface area (Å²) in [4.78, 5) is 7.45. The first kappa shape index (κ1) is 21.2. The predicted octanol–water partition coefficient (Wildman–Crippen LogP) is 2.50. The van der Waals surface area contributed by atoms with Gasteiger partial charge in [0, 0.05) is 23.9 Å². The minimum Gasteiger partial charge on any atom is -0.396 e. The highest BCUT2D eigenvalue weighted by Gasteiger charge is 2.68. The molecule has 3 aliphatic rings. The van der Waals surface area contributed by atoms with Crippen molar-refractivity contribution >= 4 is 21.5 Å². The maximum Gasteiger partial charge on any atom is 0.434 e. The van der Waals surface area contributed by atoms with Crippen LogP contribution in [0.15, 0.2) is 35.5 Å². The number of nitrogens with one attached hydrogen (secondary N) is 1. The number of aromatic nitrogens is 3. The van der Waals surface area contributed by atoms with E-state index in [1.165, 1.54) is 22.7 Å². The van der Waals surface area contributed by atoms with E-state index in [9.17, 15) is 26.7 Å². The third-order valence-corrected chi connectivity index (χ3v) is 8.01. The number of nitrogens with zero attached hydrogens (tertiary/aromatic N) is 3. The number of aliphatic hydroxyl groups is 1. The van der Waals surface area contributed by atoms with Crippen LogP contribution in [0, 0.1) is 12.3 Å². The van der Waals surface area contributed by atoms with Crippen LogP contribution in [0.25, 0.3) is 16.9 Å². The predicted molar refractivity (Wildman–Crippen MR) is 109 cm³/mol. The Balaban J connectivity index is 1.55. The first-order valence-corrected chi connectivity index (χ1v) is 11.3. The number of hydrogen-bond donors (Lipinski definition) is 3. The van der Waals surface area contributed by atoms with Gasteiger partial charge in [-0.05, 0) is 49.3 Å². The molecule has 32 heavy (non-hydrogen) atoms. The van der Waals surface area contributed by atoms with Crippen LogP contribution in [0.5, 0.6) is 0 Å². The summed E-state index contributed by atoms with van der Waals surface area (Å²) in [6.07, 6.45) is -0.797. The zero-order valence-electron chi connectivity index (χ0n) is 16.9. The van der Waals surface area contributed by atoms with Crippen molar-refractivity contribution in [3.05, 3.63) is 41.9 Å². The number of benzene rings is 1. The molecule has 3 fully saturated rings. The highest BCUT2D eigenvalue weighted by Crippen LogP contribution is 2.67. The van der Waals surface area contributed by atoms with Gasteiger partial charge in [-0.2, -0.15) is 13.2 Å². The summed E-state index contributed by atoms with van der Waals surface area (Å²) in [6, 6.07) is 4.46. The second-order valence-corrected chi connectivity index (χ2v) is 10.6. The minimum absolute atomic E-state index is 0.00565. The third-order valence-electron chi connectivity index (χ3n) is 6.43. The van der Waals surface area contributed by atoms with Crippen LogP contribution in [-0.2, 0) is 16.2 Å². The lowest BCUT2D eigenvalue weighted by molar-refractivity contribution is -0.167. The monoisotopic (exact) mass is 467 g/mol. The number of aryl methyl sites for hydroxylation is 1. The molecular formula is C20H20F3N5O3S. The van der Waals surface area contributed by atoms with E-state index in [1.54, 1.807) is 13.0 Å². The van der Waals surface area contributed by atoms with Crippen molar-refractivity contribution in [1.82, 2.24) is 19.1 Å². The fourth-order valence-corrected chi connectivity index (χ4v) is 6.43. The highest BCUT2D eigenvalue weighted by atomic mass is 32.2. The van der Waals surface area contributed by atoms with Crippen molar-refractivity contribution in [2.24, 2.45) is 5.41 Å². The maximum absolute atomic E-state index is 13.2. The van der Waals surface area contributed by atoms with E-state index >= 15 is 0 Å². The van der Waals surface area contributed by atoms with E-state index < -0.39 is 27.4 Å². The lowest BCUT2D eigenvalue weighted by Gasteiger charge is -2.69. The van der Waals surface area contributed by atoms with Gasteiger partial charge in [0.15, 0.2) is 17.2 Å². The molecule has 4 N–H and O–H groups in total. The number of aliphatic hydroxyl groups excluding tert-OH is 1. The van der Waals surface area contributed by atoms with Crippen molar-refractivity contribution < 1.29 is 26.7 Å². The number of imidazole rings is 1. The summed E-state index contributed by atoms with van der Waals surface area (Å²) >= 11 is 0. The third kappa shape index (κ3) is 3.08. The summed E-state index contributed by atoms with van der Waals surface area (Å²) in [7, 11) is -3.88. The zero-order valence-corrected chi connectivity index (χ0v) is 17.8. The molecule has 0 amide bonds. The molecule has 0 spiro atoms. The largest absolute Gasteiger partial charge is 0.434 e. The summed E-state index contributed by atoms with van der Waals surface area (Å²) < 4.78 is 69.6. The number of fused-ring (bicyclic) bond motifs is 1. The van der Waals surface area contributed by atoms with Gasteiger partial charge < -0.3 is 10.8 Å². The Bertz CT molecular complexity index is 1350. The van der Waals surface area contributed by atoms with Crippen LogP contribution in [0.4, 0.5) is 19.0 Å². The van der Waals surface area contributed by atoms with Gasteiger partial charge in [0.25, 0.3) is 0 Å². The van der Waals surface area contributed by atoms with Crippen LogP contribution in [0.2, 0.25) is 0 Å². The molecule has 12 heteroatoms. The summed E-state index contributed by atoms with van der Waals surface area (Å²) in [5.41, 5.74) is 5.18. The fraction of sp³-hybridized carbons (Fsp3) is 0.400. The zero-order chi connectivity index (χ0) is 23.1. The molecule has 1 aromatic carbocycles. The first-order chi connectivity index (χ1) is 14.9. The first-order valence-electron chi connectivity index (χ1n) is 9.84. The molecule has 0 atom stereocenters. The van der Waals surface area contributed by atoms with Crippen LogP contribution < -0.4 is 10.5 Å². The second kappa shape index (κ2) is 6.42. The topological polar surface area (TPSA) is 123 Å². The van der Waals surface area contributed by atoms with Crippen LogP contribution in [0.3, 0.4) is 0 Å². The molecule has 0 radical (unpaired) electrons. The van der Waals surface area contributed by atoms with E-state index in [4.69, 9.17) is 5.73 Å². The molecule has 3 aromatic rings. The van der Waals surface area contributed by atoms with Crippen LogP contribution >= 0.6 is 0 Å². The van der Waals surface area contributed by atoms with Gasteiger partial charge in [0.05, 0.1) is 16.8 Å². The fourth-order valence-electron chi connectivity index (χ4n) is 5.01. The van der Waals surface area contributed by atoms with Crippen molar-refractivity contribution in [3.8, 4) is 11.3 Å². The molecule has 2 aromatic heterocycles. The maximum atomic E-state index is 13.2. The number of hydrogen-bond acceptors (Lipinski definition) is 6. The van der Waals surface area contributed by atoms with Gasteiger partial charge in [-0.25, -0.2) is 23.1 Å². The van der Waals surface area contributed by atoms with Crippen molar-refractivity contribution in [2.75, 3.05) is 12.3 Å². The van der Waals surface area contributed by atoms with E-state index in [0.29, 0.717) is 30.4 Å². The van der Waals surface area contributed by atoms with Gasteiger partial charge in [0.2, 0.25) is 10.0 Å². The number of halogens is 3. The molecule has 6 rings (SSSR count).